The van der Waals surface area contributed by atoms with Crippen LogP contribution in [0.5, 0.6) is 5.75 Å². The highest BCUT2D eigenvalue weighted by molar-refractivity contribution is 5.78. The molecule has 1 aliphatic carbocycles. The van der Waals surface area contributed by atoms with E-state index in [0.29, 0.717) is 0 Å². The molecule has 3 N–H and O–H groups in total. The number of rotatable bonds is 3. The largest absolute Gasteiger partial charge is 0.485 e. The molecule has 1 aromatic rings. The number of hydrogen-bond donors (Lipinski definition) is 2. The third-order valence-electron chi connectivity index (χ3n) is 2.74. The minimum atomic E-state index is 0.0726. The fourth-order valence-electron chi connectivity index (χ4n) is 2.04. The lowest BCUT2D eigenvalue weighted by Gasteiger charge is -2.19. The number of nitrogens with one attached hydrogen (secondary N) is 1. The Morgan fingerprint density at radius 3 is 2.93 bits per heavy atom. The van der Waals surface area contributed by atoms with Crippen LogP contribution in [-0.2, 0) is 12.8 Å². The number of amidine groups is 1. The Balaban J connectivity index is 2.19. The summed E-state index contributed by atoms with van der Waals surface area (Å²) < 4.78 is 5.52. The molecule has 0 saturated carbocycles. The molecule has 0 unspecified atom stereocenters. The Hall–Kier alpha value is -1.51. The average Bonchev–Trinajstić information content (AvgIpc) is 2.26. The number of benzene rings is 1. The van der Waals surface area contributed by atoms with Gasteiger partial charge in [-0.1, -0.05) is 12.1 Å². The summed E-state index contributed by atoms with van der Waals surface area (Å²) in [6, 6.07) is 6.14. The van der Waals surface area contributed by atoms with Crippen LogP contribution < -0.4 is 10.5 Å². The fourth-order valence-corrected chi connectivity index (χ4v) is 2.04. The molecular weight excluding hydrogens is 188 g/mol. The molecule has 0 amide bonds. The van der Waals surface area contributed by atoms with Gasteiger partial charge in [0.15, 0.2) is 0 Å². The molecule has 2 rings (SSSR count). The number of fused-ring (bicyclic) bond motifs is 1. The molecule has 0 heterocycles. The third-order valence-corrected chi connectivity index (χ3v) is 2.74. The molecule has 0 spiro atoms. The van der Waals surface area contributed by atoms with Crippen molar-refractivity contribution in [2.45, 2.75) is 25.7 Å². The van der Waals surface area contributed by atoms with E-state index in [2.05, 4.69) is 6.07 Å². The molecule has 0 bridgehead atoms. The molecule has 15 heavy (non-hydrogen) atoms. The first-order valence-corrected chi connectivity index (χ1v) is 5.34. The number of ether oxygens (including phenoxy) is 1. The van der Waals surface area contributed by atoms with Gasteiger partial charge in [0.25, 0.3) is 0 Å². The highest BCUT2D eigenvalue weighted by atomic mass is 16.5. The van der Waals surface area contributed by atoms with Crippen molar-refractivity contribution >= 4 is 5.84 Å². The van der Waals surface area contributed by atoms with E-state index < -0.39 is 0 Å². The highest BCUT2D eigenvalue weighted by Crippen LogP contribution is 2.29. The van der Waals surface area contributed by atoms with E-state index >= 15 is 0 Å². The normalized spacial score (nSPS) is 14.4. The number of nitrogens with two attached hydrogens (primary N) is 1. The Bertz CT molecular complexity index is 374. The van der Waals surface area contributed by atoms with Crippen LogP contribution in [-0.4, -0.2) is 12.4 Å². The van der Waals surface area contributed by atoms with E-state index in [-0.39, 0.29) is 12.4 Å². The van der Waals surface area contributed by atoms with Crippen molar-refractivity contribution in [2.75, 3.05) is 6.61 Å². The first kappa shape index (κ1) is 10.0. The van der Waals surface area contributed by atoms with Gasteiger partial charge in [-0.25, -0.2) is 0 Å². The minimum Gasteiger partial charge on any atom is -0.485 e. The molecule has 3 nitrogen and oxygen atoms in total. The quantitative estimate of drug-likeness (QED) is 0.583. The zero-order valence-electron chi connectivity index (χ0n) is 8.75. The number of aryl methyl sites for hydroxylation is 1. The predicted molar refractivity (Wildman–Crippen MR) is 60.5 cm³/mol. The fraction of sp³-hybridized carbons (Fsp3) is 0.417. The second kappa shape index (κ2) is 4.34. The monoisotopic (exact) mass is 204 g/mol. The summed E-state index contributed by atoms with van der Waals surface area (Å²) in [5, 5.41) is 7.14. The van der Waals surface area contributed by atoms with Crippen molar-refractivity contribution < 1.29 is 4.74 Å². The van der Waals surface area contributed by atoms with Crippen molar-refractivity contribution in [1.82, 2.24) is 0 Å². The van der Waals surface area contributed by atoms with Crippen LogP contribution in [0.1, 0.15) is 24.0 Å². The Labute approximate surface area is 89.8 Å². The molecule has 0 saturated heterocycles. The molecule has 3 heteroatoms. The van der Waals surface area contributed by atoms with Gasteiger partial charge in [-0.15, -0.1) is 0 Å². The van der Waals surface area contributed by atoms with Gasteiger partial charge in [-0.3, -0.25) is 5.41 Å². The summed E-state index contributed by atoms with van der Waals surface area (Å²) in [5.74, 6) is 0.978. The first-order valence-electron chi connectivity index (χ1n) is 5.34. The summed E-state index contributed by atoms with van der Waals surface area (Å²) in [7, 11) is 0. The zero-order valence-corrected chi connectivity index (χ0v) is 8.75. The van der Waals surface area contributed by atoms with Crippen molar-refractivity contribution in [3.8, 4) is 5.75 Å². The maximum Gasteiger partial charge on any atom is 0.145 e. The molecule has 1 aromatic carbocycles. The lowest BCUT2D eigenvalue weighted by atomic mass is 9.91. The zero-order chi connectivity index (χ0) is 10.7. The Morgan fingerprint density at radius 1 is 1.33 bits per heavy atom. The number of hydrogen-bond acceptors (Lipinski definition) is 2. The second-order valence-corrected chi connectivity index (χ2v) is 3.91. The van der Waals surface area contributed by atoms with Gasteiger partial charge < -0.3 is 10.5 Å². The van der Waals surface area contributed by atoms with E-state index in [0.717, 1.165) is 18.6 Å². The van der Waals surface area contributed by atoms with Crippen LogP contribution in [0.15, 0.2) is 18.2 Å². The van der Waals surface area contributed by atoms with Gasteiger partial charge in [0.2, 0.25) is 0 Å². The van der Waals surface area contributed by atoms with E-state index in [4.69, 9.17) is 15.9 Å². The van der Waals surface area contributed by atoms with Crippen LogP contribution in [0, 0.1) is 5.41 Å². The molecule has 0 atom stereocenters. The highest BCUT2D eigenvalue weighted by Gasteiger charge is 2.13. The van der Waals surface area contributed by atoms with Crippen molar-refractivity contribution in [3.63, 3.8) is 0 Å². The van der Waals surface area contributed by atoms with Gasteiger partial charge in [0.1, 0.15) is 18.2 Å². The summed E-state index contributed by atoms with van der Waals surface area (Å²) in [6.07, 6.45) is 4.73. The lowest BCUT2D eigenvalue weighted by molar-refractivity contribution is 0.367. The van der Waals surface area contributed by atoms with Gasteiger partial charge in [0.05, 0.1) is 0 Å². The van der Waals surface area contributed by atoms with E-state index in [1.807, 2.05) is 12.1 Å². The van der Waals surface area contributed by atoms with E-state index in [1.165, 1.54) is 24.0 Å². The minimum absolute atomic E-state index is 0.0726. The topological polar surface area (TPSA) is 59.1 Å². The van der Waals surface area contributed by atoms with E-state index in [9.17, 15) is 0 Å². The molecule has 0 aliphatic heterocycles. The van der Waals surface area contributed by atoms with Crippen LogP contribution in [0.2, 0.25) is 0 Å². The molecule has 0 radical (unpaired) electrons. The van der Waals surface area contributed by atoms with Crippen LogP contribution >= 0.6 is 0 Å². The summed E-state index contributed by atoms with van der Waals surface area (Å²) >= 11 is 0. The van der Waals surface area contributed by atoms with E-state index in [1.54, 1.807) is 0 Å². The summed E-state index contributed by atoms with van der Waals surface area (Å²) in [6.45, 7) is 0.191. The van der Waals surface area contributed by atoms with Crippen molar-refractivity contribution in [3.05, 3.63) is 29.3 Å². The maximum atomic E-state index is 7.14. The second-order valence-electron chi connectivity index (χ2n) is 3.91. The summed E-state index contributed by atoms with van der Waals surface area (Å²) in [5.41, 5.74) is 7.98. The predicted octanol–water partition coefficient (Wildman–Crippen LogP) is 1.88. The van der Waals surface area contributed by atoms with Crippen LogP contribution in [0.3, 0.4) is 0 Å². The summed E-state index contributed by atoms with van der Waals surface area (Å²) in [4.78, 5) is 0. The molecule has 1 aliphatic rings. The van der Waals surface area contributed by atoms with Gasteiger partial charge >= 0.3 is 0 Å². The molecule has 0 aromatic heterocycles. The van der Waals surface area contributed by atoms with Gasteiger partial charge in [-0.05, 0) is 42.9 Å². The molecule has 80 valence electrons. The Morgan fingerprint density at radius 2 is 2.13 bits per heavy atom. The molecule has 0 fully saturated rings. The molecular formula is C12H16N2O. The van der Waals surface area contributed by atoms with Crippen LogP contribution in [0.4, 0.5) is 0 Å². The van der Waals surface area contributed by atoms with Gasteiger partial charge in [0, 0.05) is 0 Å². The SMILES string of the molecule is N=C(N)COc1cccc2c1CCCC2. The smallest absolute Gasteiger partial charge is 0.145 e. The standard InChI is InChI=1S/C12H16N2O/c13-12(14)8-15-11-7-3-5-9-4-1-2-6-10(9)11/h3,5,7H,1-2,4,6,8H2,(H3,13,14). The Kier molecular flexibility index (Phi) is 2.90. The van der Waals surface area contributed by atoms with Crippen LogP contribution in [0.25, 0.3) is 0 Å². The van der Waals surface area contributed by atoms with Gasteiger partial charge in [-0.2, -0.15) is 0 Å². The van der Waals surface area contributed by atoms with Crippen molar-refractivity contribution in [2.24, 2.45) is 5.73 Å². The third kappa shape index (κ3) is 2.29. The average molecular weight is 204 g/mol. The van der Waals surface area contributed by atoms with Crippen molar-refractivity contribution in [1.29, 1.82) is 5.41 Å². The maximum absolute atomic E-state index is 7.14. The first-order chi connectivity index (χ1) is 7.27. The lowest BCUT2D eigenvalue weighted by Crippen LogP contribution is -2.20.